The van der Waals surface area contributed by atoms with Crippen molar-refractivity contribution < 1.29 is 9.53 Å². The van der Waals surface area contributed by atoms with E-state index in [1.807, 2.05) is 32.9 Å². The zero-order chi connectivity index (χ0) is 22.5. The summed E-state index contributed by atoms with van der Waals surface area (Å²) in [5.41, 5.74) is 2.71. The third-order valence-corrected chi connectivity index (χ3v) is 4.09. The van der Waals surface area contributed by atoms with Crippen molar-refractivity contribution in [1.82, 2.24) is 20.1 Å². The summed E-state index contributed by atoms with van der Waals surface area (Å²) < 4.78 is 6.34. The number of carbonyl (C=O) groups excluding carboxylic acids is 1. The highest BCUT2D eigenvalue weighted by atomic mass is 16.5. The van der Waals surface area contributed by atoms with Crippen molar-refractivity contribution in [2.45, 2.75) is 20.8 Å². The molecule has 2 N–H and O–H groups in total. The largest absolute Gasteiger partial charge is 0.501 e. The highest BCUT2D eigenvalue weighted by molar-refractivity contribution is 5.91. The van der Waals surface area contributed by atoms with E-state index in [0.717, 1.165) is 17.0 Å². The number of allylic oxidation sites excluding steroid dienone is 10. The van der Waals surface area contributed by atoms with Gasteiger partial charge in [-0.1, -0.05) is 43.5 Å². The minimum atomic E-state index is -0.313. The van der Waals surface area contributed by atoms with E-state index >= 15 is 0 Å². The molecule has 0 amide bonds. The number of nitrogens with zero attached hydrogens (tertiary/aromatic N) is 3. The van der Waals surface area contributed by atoms with Crippen LogP contribution in [0.1, 0.15) is 31.4 Å². The summed E-state index contributed by atoms with van der Waals surface area (Å²) >= 11 is 0. The molecule has 0 saturated carbocycles. The van der Waals surface area contributed by atoms with Crippen molar-refractivity contribution in [3.8, 4) is 0 Å². The summed E-state index contributed by atoms with van der Waals surface area (Å²) in [7, 11) is 3.28. The minimum Gasteiger partial charge on any atom is -0.501 e. The molecule has 0 aliphatic heterocycles. The molecule has 30 heavy (non-hydrogen) atoms. The van der Waals surface area contributed by atoms with E-state index in [0.29, 0.717) is 23.9 Å². The first-order valence-corrected chi connectivity index (χ1v) is 9.52. The van der Waals surface area contributed by atoms with Crippen LogP contribution in [0.4, 0.5) is 5.95 Å². The van der Waals surface area contributed by atoms with Gasteiger partial charge in [0, 0.05) is 30.9 Å². The second-order valence-electron chi connectivity index (χ2n) is 6.14. The summed E-state index contributed by atoms with van der Waals surface area (Å²) in [4.78, 5) is 17.0. The molecule has 0 saturated heterocycles. The number of carbonyl (C=O) groups is 1. The monoisotopic (exact) mass is 409 g/mol. The van der Waals surface area contributed by atoms with E-state index in [-0.39, 0.29) is 5.91 Å². The molecule has 0 spiro atoms. The van der Waals surface area contributed by atoms with E-state index in [2.05, 4.69) is 33.9 Å². The van der Waals surface area contributed by atoms with E-state index in [9.17, 15) is 4.79 Å². The summed E-state index contributed by atoms with van der Waals surface area (Å²) in [6.45, 7) is 13.7. The Bertz CT molecular complexity index is 914. The molecule has 0 atom stereocenters. The molecule has 160 valence electrons. The fourth-order valence-electron chi connectivity index (χ4n) is 2.39. The second kappa shape index (κ2) is 12.8. The van der Waals surface area contributed by atoms with Gasteiger partial charge in [-0.25, -0.2) is 0 Å². The van der Waals surface area contributed by atoms with Crippen LogP contribution in [-0.2, 0) is 4.74 Å². The Balaban J connectivity index is 2.97. The fraction of sp³-hybridized carbons (Fsp3) is 0.261. The fourth-order valence-corrected chi connectivity index (χ4v) is 2.39. The van der Waals surface area contributed by atoms with Gasteiger partial charge < -0.3 is 15.4 Å². The van der Waals surface area contributed by atoms with Gasteiger partial charge >= 0.3 is 0 Å². The van der Waals surface area contributed by atoms with Gasteiger partial charge in [0.05, 0.1) is 12.9 Å². The first-order chi connectivity index (χ1) is 14.4. The number of rotatable bonds is 11. The zero-order valence-corrected chi connectivity index (χ0v) is 18.4. The Morgan fingerprint density at radius 2 is 1.97 bits per heavy atom. The number of nitrogens with one attached hydrogen (secondary N) is 2. The number of ether oxygens (including phenoxy) is 1. The van der Waals surface area contributed by atoms with Crippen LogP contribution in [0.15, 0.2) is 78.8 Å². The lowest BCUT2D eigenvalue weighted by molar-refractivity contribution is 0.0956. The number of methoxy groups -OCH3 is 1. The molecule has 7 nitrogen and oxygen atoms in total. The van der Waals surface area contributed by atoms with Crippen molar-refractivity contribution in [3.63, 3.8) is 0 Å². The Kier molecular flexibility index (Phi) is 10.4. The van der Waals surface area contributed by atoms with Gasteiger partial charge in [0.2, 0.25) is 5.95 Å². The van der Waals surface area contributed by atoms with Crippen LogP contribution in [0, 0.1) is 0 Å². The topological polar surface area (TPSA) is 81.1 Å². The standard InChI is InChI=1S/C23H31N5O2/c1-8-12-17(4)20(10-3)25-16-11-13-21(29)28-23(24-6)26-22(27-28)19(9-2)15-14-18(5)30-7/h8-15,25H,1-2,16H2,3-7H3,(H,24,26,27)/b13-11+,17-12-,18-14+,19-15+,20-10+. The lowest BCUT2D eigenvalue weighted by atomic mass is 10.2. The number of hydrogen-bond donors (Lipinski definition) is 2. The first kappa shape index (κ1) is 24.4. The molecule has 0 bridgehead atoms. The maximum Gasteiger partial charge on any atom is 0.273 e. The van der Waals surface area contributed by atoms with Crippen LogP contribution >= 0.6 is 0 Å². The molecule has 0 aromatic carbocycles. The molecule has 0 unspecified atom stereocenters. The molecule has 0 fully saturated rings. The predicted molar refractivity (Wildman–Crippen MR) is 124 cm³/mol. The number of hydrogen-bond acceptors (Lipinski definition) is 6. The maximum absolute atomic E-state index is 12.6. The molecular weight excluding hydrogens is 378 g/mol. The lowest BCUT2D eigenvalue weighted by Gasteiger charge is -2.08. The molecule has 7 heteroatoms. The molecule has 0 radical (unpaired) electrons. The average Bonchev–Trinajstić information content (AvgIpc) is 3.18. The maximum atomic E-state index is 12.6. The van der Waals surface area contributed by atoms with E-state index in [1.165, 1.54) is 10.8 Å². The van der Waals surface area contributed by atoms with E-state index in [1.54, 1.807) is 44.5 Å². The van der Waals surface area contributed by atoms with E-state index < -0.39 is 0 Å². The summed E-state index contributed by atoms with van der Waals surface area (Å²) in [6, 6.07) is 0. The normalized spacial score (nSPS) is 13.4. The van der Waals surface area contributed by atoms with Gasteiger partial charge in [-0.3, -0.25) is 4.79 Å². The summed E-state index contributed by atoms with van der Waals surface area (Å²) in [5.74, 6) is 1.14. The highest BCUT2D eigenvalue weighted by Gasteiger charge is 2.14. The molecule has 0 aliphatic carbocycles. The lowest BCUT2D eigenvalue weighted by Crippen LogP contribution is -2.16. The first-order valence-electron chi connectivity index (χ1n) is 9.52. The van der Waals surface area contributed by atoms with Gasteiger partial charge in [0.25, 0.3) is 5.91 Å². The third-order valence-electron chi connectivity index (χ3n) is 4.09. The van der Waals surface area contributed by atoms with Crippen LogP contribution in [0.5, 0.6) is 0 Å². The van der Waals surface area contributed by atoms with Crippen molar-refractivity contribution in [1.29, 1.82) is 0 Å². The van der Waals surface area contributed by atoms with Gasteiger partial charge in [-0.05, 0) is 38.5 Å². The van der Waals surface area contributed by atoms with Gasteiger partial charge in [-0.2, -0.15) is 9.67 Å². The Hall–Kier alpha value is -3.61. The summed E-state index contributed by atoms with van der Waals surface area (Å²) in [6.07, 6.45) is 14.0. The van der Waals surface area contributed by atoms with E-state index in [4.69, 9.17) is 4.74 Å². The Morgan fingerprint density at radius 1 is 1.23 bits per heavy atom. The highest BCUT2D eigenvalue weighted by Crippen LogP contribution is 2.15. The van der Waals surface area contributed by atoms with Crippen LogP contribution in [0.25, 0.3) is 5.57 Å². The molecular formula is C23H31N5O2. The molecule has 0 aliphatic rings. The van der Waals surface area contributed by atoms with Gasteiger partial charge in [0.15, 0.2) is 5.82 Å². The van der Waals surface area contributed by atoms with Crippen molar-refractivity contribution in [2.75, 3.05) is 26.0 Å². The smallest absolute Gasteiger partial charge is 0.273 e. The second-order valence-corrected chi connectivity index (χ2v) is 6.14. The SMILES string of the molecule is C=C/C=C(C)\C(=C/C)NC/C=C/C(=O)n1nc(/C(C=C)=C/C=C(\C)OC)nc1NC. The molecule has 1 aromatic heterocycles. The van der Waals surface area contributed by atoms with Gasteiger partial charge in [-0.15, -0.1) is 5.10 Å². The van der Waals surface area contributed by atoms with Crippen LogP contribution in [-0.4, -0.2) is 41.4 Å². The zero-order valence-electron chi connectivity index (χ0n) is 18.4. The Labute approximate surface area is 178 Å². The van der Waals surface area contributed by atoms with Crippen LogP contribution < -0.4 is 10.6 Å². The third kappa shape index (κ3) is 7.09. The Morgan fingerprint density at radius 3 is 2.53 bits per heavy atom. The van der Waals surface area contributed by atoms with Crippen molar-refractivity contribution in [2.24, 2.45) is 0 Å². The number of aromatic nitrogens is 3. The van der Waals surface area contributed by atoms with Gasteiger partial charge in [0.1, 0.15) is 0 Å². The molecule has 1 heterocycles. The van der Waals surface area contributed by atoms with Crippen molar-refractivity contribution in [3.05, 3.63) is 84.6 Å². The number of anilines is 1. The van der Waals surface area contributed by atoms with Crippen LogP contribution in [0.2, 0.25) is 0 Å². The van der Waals surface area contributed by atoms with Crippen molar-refractivity contribution >= 4 is 17.4 Å². The minimum absolute atomic E-state index is 0.313. The quantitative estimate of drug-likeness (QED) is 0.323. The molecule has 1 rings (SSSR count). The summed E-state index contributed by atoms with van der Waals surface area (Å²) in [5, 5.41) is 10.5. The average molecular weight is 410 g/mol. The van der Waals surface area contributed by atoms with Crippen LogP contribution in [0.3, 0.4) is 0 Å². The molecule has 1 aromatic rings. The predicted octanol–water partition coefficient (Wildman–Crippen LogP) is 4.26.